The molecule has 0 saturated heterocycles. The summed E-state index contributed by atoms with van der Waals surface area (Å²) in [7, 11) is -3.67. The maximum Gasteiger partial charge on any atom is 0.242 e. The van der Waals surface area contributed by atoms with Crippen LogP contribution < -0.4 is 4.72 Å². The summed E-state index contributed by atoms with van der Waals surface area (Å²) in [6.07, 6.45) is 5.25. The molecule has 0 radical (unpaired) electrons. The second kappa shape index (κ2) is 7.09. The van der Waals surface area contributed by atoms with Gasteiger partial charge < -0.3 is 5.11 Å². The number of hydrogen-bond donors (Lipinski definition) is 2. The third-order valence-electron chi connectivity index (χ3n) is 4.14. The Kier molecular flexibility index (Phi) is 5.66. The first-order valence-electron chi connectivity index (χ1n) is 7.35. The normalized spacial score (nSPS) is 23.8. The Morgan fingerprint density at radius 3 is 2.71 bits per heavy atom. The lowest BCUT2D eigenvalue weighted by atomic mass is 9.98. The van der Waals surface area contributed by atoms with Crippen molar-refractivity contribution in [2.45, 2.75) is 56.6 Å². The van der Waals surface area contributed by atoms with Crippen molar-refractivity contribution in [1.29, 1.82) is 0 Å². The lowest BCUT2D eigenvalue weighted by Crippen LogP contribution is -2.38. The van der Waals surface area contributed by atoms with Gasteiger partial charge in [-0.15, -0.1) is 0 Å². The van der Waals surface area contributed by atoms with Crippen LogP contribution in [0.2, 0.25) is 5.02 Å². The standard InChI is InChI=1S/C15H22ClNO3S/c1-11-5-3-2-4-6-14(11)17-21(19,20)15-9-12(10-18)7-8-13(15)16/h7-9,11,14,17-18H,2-6,10H2,1H3. The number of halogens is 1. The molecule has 1 fully saturated rings. The number of hydrogen-bond acceptors (Lipinski definition) is 3. The van der Waals surface area contributed by atoms with Gasteiger partial charge in [0.15, 0.2) is 0 Å². The summed E-state index contributed by atoms with van der Waals surface area (Å²) in [5, 5.41) is 9.34. The number of sulfonamides is 1. The van der Waals surface area contributed by atoms with Crippen LogP contribution in [-0.2, 0) is 16.6 Å². The summed E-state index contributed by atoms with van der Waals surface area (Å²) < 4.78 is 27.9. The van der Waals surface area contributed by atoms with E-state index in [1.165, 1.54) is 12.1 Å². The van der Waals surface area contributed by atoms with Crippen molar-refractivity contribution in [3.8, 4) is 0 Å². The fraction of sp³-hybridized carbons (Fsp3) is 0.600. The highest BCUT2D eigenvalue weighted by molar-refractivity contribution is 7.89. The first kappa shape index (κ1) is 16.7. The van der Waals surface area contributed by atoms with Crippen LogP contribution >= 0.6 is 11.6 Å². The van der Waals surface area contributed by atoms with E-state index in [0.29, 0.717) is 11.5 Å². The van der Waals surface area contributed by atoms with Crippen molar-refractivity contribution < 1.29 is 13.5 Å². The molecule has 2 rings (SSSR count). The molecule has 4 nitrogen and oxygen atoms in total. The molecule has 0 amide bonds. The van der Waals surface area contributed by atoms with E-state index in [9.17, 15) is 8.42 Å². The number of aliphatic hydroxyl groups is 1. The SMILES string of the molecule is CC1CCCCCC1NS(=O)(=O)c1cc(CO)ccc1Cl. The quantitative estimate of drug-likeness (QED) is 0.833. The van der Waals surface area contributed by atoms with E-state index in [1.54, 1.807) is 6.07 Å². The Labute approximate surface area is 131 Å². The third kappa shape index (κ3) is 4.19. The molecule has 2 atom stereocenters. The van der Waals surface area contributed by atoms with Crippen LogP contribution in [0.1, 0.15) is 44.6 Å². The average molecular weight is 332 g/mol. The monoisotopic (exact) mass is 331 g/mol. The number of rotatable bonds is 4. The van der Waals surface area contributed by atoms with Crippen LogP contribution in [0.4, 0.5) is 0 Å². The van der Waals surface area contributed by atoms with Crippen molar-refractivity contribution in [3.63, 3.8) is 0 Å². The summed E-state index contributed by atoms with van der Waals surface area (Å²) in [5.41, 5.74) is 0.536. The first-order chi connectivity index (χ1) is 9.94. The highest BCUT2D eigenvalue weighted by atomic mass is 35.5. The van der Waals surface area contributed by atoms with Crippen LogP contribution in [0.15, 0.2) is 23.1 Å². The molecule has 1 aliphatic carbocycles. The number of aliphatic hydroxyl groups excluding tert-OH is 1. The molecular weight excluding hydrogens is 310 g/mol. The van der Waals surface area contributed by atoms with Crippen LogP contribution in [0.3, 0.4) is 0 Å². The molecule has 0 aliphatic heterocycles. The summed E-state index contributed by atoms with van der Waals surface area (Å²) >= 11 is 6.02. The Bertz CT molecular complexity index is 589. The molecule has 0 heterocycles. The van der Waals surface area contributed by atoms with Crippen LogP contribution in [-0.4, -0.2) is 19.6 Å². The minimum absolute atomic E-state index is 0.0483. The van der Waals surface area contributed by atoms with Crippen LogP contribution in [0, 0.1) is 5.92 Å². The maximum atomic E-state index is 12.6. The Morgan fingerprint density at radius 2 is 2.00 bits per heavy atom. The van der Waals surface area contributed by atoms with Gasteiger partial charge in [-0.2, -0.15) is 0 Å². The van der Waals surface area contributed by atoms with E-state index < -0.39 is 10.0 Å². The van der Waals surface area contributed by atoms with Gasteiger partial charge in [-0.05, 0) is 36.5 Å². The van der Waals surface area contributed by atoms with Crippen molar-refractivity contribution in [1.82, 2.24) is 4.72 Å². The zero-order valence-electron chi connectivity index (χ0n) is 12.2. The van der Waals surface area contributed by atoms with Gasteiger partial charge in [-0.1, -0.05) is 43.9 Å². The largest absolute Gasteiger partial charge is 0.392 e. The Balaban J connectivity index is 2.25. The van der Waals surface area contributed by atoms with Gasteiger partial charge in [0.1, 0.15) is 4.90 Å². The van der Waals surface area contributed by atoms with E-state index in [1.807, 2.05) is 0 Å². The molecule has 1 aromatic carbocycles. The number of benzene rings is 1. The van der Waals surface area contributed by atoms with E-state index >= 15 is 0 Å². The molecule has 2 unspecified atom stereocenters. The molecule has 1 aliphatic rings. The second-order valence-electron chi connectivity index (χ2n) is 5.77. The minimum atomic E-state index is -3.67. The molecule has 21 heavy (non-hydrogen) atoms. The van der Waals surface area contributed by atoms with Crippen molar-refractivity contribution >= 4 is 21.6 Å². The molecule has 1 aromatic rings. The fourth-order valence-electron chi connectivity index (χ4n) is 2.78. The van der Waals surface area contributed by atoms with Gasteiger partial charge in [-0.25, -0.2) is 13.1 Å². The lowest BCUT2D eigenvalue weighted by molar-refractivity contribution is 0.281. The molecule has 2 N–H and O–H groups in total. The summed E-state index contributed by atoms with van der Waals surface area (Å²) in [6.45, 7) is 1.88. The highest BCUT2D eigenvalue weighted by Crippen LogP contribution is 2.27. The Morgan fingerprint density at radius 1 is 1.29 bits per heavy atom. The molecule has 1 saturated carbocycles. The summed E-state index contributed by atoms with van der Waals surface area (Å²) in [6, 6.07) is 4.52. The van der Waals surface area contributed by atoms with Gasteiger partial charge in [0.05, 0.1) is 11.6 Å². The summed E-state index contributed by atoms with van der Waals surface area (Å²) in [4.78, 5) is 0.0483. The van der Waals surface area contributed by atoms with Crippen LogP contribution in [0.25, 0.3) is 0 Å². The molecular formula is C15H22ClNO3S. The van der Waals surface area contributed by atoms with Crippen molar-refractivity contribution in [2.75, 3.05) is 0 Å². The zero-order valence-corrected chi connectivity index (χ0v) is 13.8. The van der Waals surface area contributed by atoms with Crippen molar-refractivity contribution in [2.24, 2.45) is 5.92 Å². The van der Waals surface area contributed by atoms with Gasteiger partial charge in [0.2, 0.25) is 10.0 Å². The molecule has 118 valence electrons. The third-order valence-corrected chi connectivity index (χ3v) is 6.11. The first-order valence-corrected chi connectivity index (χ1v) is 9.22. The van der Waals surface area contributed by atoms with Crippen molar-refractivity contribution in [3.05, 3.63) is 28.8 Å². The average Bonchev–Trinajstić information content (AvgIpc) is 2.64. The number of nitrogens with one attached hydrogen (secondary N) is 1. The highest BCUT2D eigenvalue weighted by Gasteiger charge is 2.27. The molecule has 6 heteroatoms. The minimum Gasteiger partial charge on any atom is -0.392 e. The second-order valence-corrected chi connectivity index (χ2v) is 7.86. The maximum absolute atomic E-state index is 12.6. The zero-order chi connectivity index (χ0) is 15.5. The van der Waals surface area contributed by atoms with E-state index in [0.717, 1.165) is 32.1 Å². The Hall–Kier alpha value is -0.620. The lowest BCUT2D eigenvalue weighted by Gasteiger charge is -2.23. The van der Waals surface area contributed by atoms with E-state index in [-0.39, 0.29) is 22.6 Å². The van der Waals surface area contributed by atoms with Gasteiger partial charge >= 0.3 is 0 Å². The summed E-state index contributed by atoms with van der Waals surface area (Å²) in [5.74, 6) is 0.321. The topological polar surface area (TPSA) is 66.4 Å². The van der Waals surface area contributed by atoms with Gasteiger partial charge in [0.25, 0.3) is 0 Å². The van der Waals surface area contributed by atoms with Crippen LogP contribution in [0.5, 0.6) is 0 Å². The molecule has 0 aromatic heterocycles. The fourth-order valence-corrected chi connectivity index (χ4v) is 4.71. The molecule has 0 bridgehead atoms. The molecule has 0 spiro atoms. The van der Waals surface area contributed by atoms with Gasteiger partial charge in [-0.3, -0.25) is 0 Å². The predicted molar refractivity (Wildman–Crippen MR) is 83.7 cm³/mol. The van der Waals surface area contributed by atoms with E-state index in [2.05, 4.69) is 11.6 Å². The predicted octanol–water partition coefficient (Wildman–Crippen LogP) is 3.08. The smallest absolute Gasteiger partial charge is 0.242 e. The van der Waals surface area contributed by atoms with E-state index in [4.69, 9.17) is 16.7 Å². The van der Waals surface area contributed by atoms with Gasteiger partial charge in [0, 0.05) is 6.04 Å².